The van der Waals surface area contributed by atoms with Crippen molar-refractivity contribution in [1.82, 2.24) is 14.5 Å². The molecule has 1 aliphatic heterocycles. The molecule has 0 fully saturated rings. The van der Waals surface area contributed by atoms with Crippen molar-refractivity contribution in [3.8, 4) is 17.1 Å². The monoisotopic (exact) mass is 351 g/mol. The summed E-state index contributed by atoms with van der Waals surface area (Å²) in [6, 6.07) is 17.9. The standard InChI is InChI=1S/C21H22FN3O/c1-26-18-9-5-6-16(12-18)13-24-11-10-19-20(14-24)25(15-22)21(23-19)17-7-3-2-4-8-17/h2-9,12H,10-11,13-15H2,1H3. The van der Waals surface area contributed by atoms with Gasteiger partial charge in [0.15, 0.2) is 6.80 Å². The van der Waals surface area contributed by atoms with Crippen molar-refractivity contribution in [2.75, 3.05) is 13.7 Å². The van der Waals surface area contributed by atoms with Crippen molar-refractivity contribution in [3.63, 3.8) is 0 Å². The van der Waals surface area contributed by atoms with Crippen LogP contribution in [0.15, 0.2) is 54.6 Å². The number of nitrogens with zero attached hydrogens (tertiary/aromatic N) is 3. The number of imidazole rings is 1. The average molecular weight is 351 g/mol. The number of aromatic nitrogens is 2. The van der Waals surface area contributed by atoms with Crippen molar-refractivity contribution in [2.24, 2.45) is 0 Å². The minimum Gasteiger partial charge on any atom is -0.497 e. The van der Waals surface area contributed by atoms with Crippen LogP contribution in [0.25, 0.3) is 11.4 Å². The van der Waals surface area contributed by atoms with Crippen LogP contribution in [0.5, 0.6) is 5.75 Å². The highest BCUT2D eigenvalue weighted by molar-refractivity contribution is 5.57. The van der Waals surface area contributed by atoms with Crippen LogP contribution in [0, 0.1) is 0 Å². The summed E-state index contributed by atoms with van der Waals surface area (Å²) < 4.78 is 20.9. The van der Waals surface area contributed by atoms with E-state index in [2.05, 4.69) is 17.0 Å². The Labute approximate surface area is 152 Å². The molecule has 4 rings (SSSR count). The first-order valence-corrected chi connectivity index (χ1v) is 8.83. The number of rotatable bonds is 5. The molecule has 0 amide bonds. The van der Waals surface area contributed by atoms with E-state index >= 15 is 0 Å². The summed E-state index contributed by atoms with van der Waals surface area (Å²) in [5, 5.41) is 0. The summed E-state index contributed by atoms with van der Waals surface area (Å²) in [5.74, 6) is 1.58. The van der Waals surface area contributed by atoms with E-state index in [0.29, 0.717) is 6.54 Å². The quantitative estimate of drug-likeness (QED) is 0.695. The van der Waals surface area contributed by atoms with Gasteiger partial charge < -0.3 is 4.74 Å². The third-order valence-corrected chi connectivity index (χ3v) is 4.89. The molecule has 0 atom stereocenters. The highest BCUT2D eigenvalue weighted by atomic mass is 19.1. The second-order valence-corrected chi connectivity index (χ2v) is 6.55. The number of hydrogen-bond acceptors (Lipinski definition) is 3. The molecule has 0 saturated heterocycles. The Morgan fingerprint density at radius 2 is 1.96 bits per heavy atom. The van der Waals surface area contributed by atoms with E-state index in [9.17, 15) is 4.39 Å². The number of halogens is 1. The van der Waals surface area contributed by atoms with Crippen LogP contribution in [-0.2, 0) is 26.3 Å². The van der Waals surface area contributed by atoms with Crippen molar-refractivity contribution in [2.45, 2.75) is 26.3 Å². The number of ether oxygens (including phenoxy) is 1. The van der Waals surface area contributed by atoms with E-state index in [0.717, 1.165) is 48.0 Å². The maximum absolute atomic E-state index is 13.8. The summed E-state index contributed by atoms with van der Waals surface area (Å²) in [4.78, 5) is 7.07. The second kappa shape index (κ2) is 7.30. The zero-order chi connectivity index (χ0) is 17.9. The average Bonchev–Trinajstić information content (AvgIpc) is 3.06. The first kappa shape index (κ1) is 16.8. The van der Waals surface area contributed by atoms with Crippen LogP contribution in [0.3, 0.4) is 0 Å². The predicted octanol–water partition coefficient (Wildman–Crippen LogP) is 4.04. The van der Waals surface area contributed by atoms with Gasteiger partial charge >= 0.3 is 0 Å². The van der Waals surface area contributed by atoms with E-state index in [1.807, 2.05) is 42.5 Å². The predicted molar refractivity (Wildman–Crippen MR) is 99.6 cm³/mol. The Morgan fingerprint density at radius 3 is 2.73 bits per heavy atom. The molecule has 26 heavy (non-hydrogen) atoms. The van der Waals surface area contributed by atoms with Gasteiger partial charge in [0.05, 0.1) is 18.5 Å². The minimum atomic E-state index is -0.556. The van der Waals surface area contributed by atoms with Crippen LogP contribution >= 0.6 is 0 Å². The molecule has 0 aliphatic carbocycles. The fraction of sp³-hybridized carbons (Fsp3) is 0.286. The zero-order valence-corrected chi connectivity index (χ0v) is 14.9. The lowest BCUT2D eigenvalue weighted by Gasteiger charge is -2.27. The molecule has 1 aromatic heterocycles. The molecule has 4 nitrogen and oxygen atoms in total. The number of methoxy groups -OCH3 is 1. The Morgan fingerprint density at radius 1 is 1.12 bits per heavy atom. The maximum Gasteiger partial charge on any atom is 0.167 e. The van der Waals surface area contributed by atoms with Gasteiger partial charge in [-0.2, -0.15) is 0 Å². The third kappa shape index (κ3) is 3.22. The van der Waals surface area contributed by atoms with E-state index in [4.69, 9.17) is 9.72 Å². The first-order valence-electron chi connectivity index (χ1n) is 8.83. The van der Waals surface area contributed by atoms with Gasteiger partial charge in [-0.1, -0.05) is 42.5 Å². The van der Waals surface area contributed by atoms with Gasteiger partial charge in [-0.05, 0) is 17.7 Å². The van der Waals surface area contributed by atoms with Gasteiger partial charge in [-0.3, -0.25) is 9.47 Å². The van der Waals surface area contributed by atoms with E-state index in [-0.39, 0.29) is 0 Å². The molecule has 2 heterocycles. The number of hydrogen-bond donors (Lipinski definition) is 0. The summed E-state index contributed by atoms with van der Waals surface area (Å²) in [6.07, 6.45) is 0.839. The number of alkyl halides is 1. The SMILES string of the molecule is COc1cccc(CN2CCc3nc(-c4ccccc4)n(CF)c3C2)c1. The van der Waals surface area contributed by atoms with Crippen molar-refractivity contribution < 1.29 is 9.13 Å². The number of fused-ring (bicyclic) bond motifs is 1. The molecule has 2 aromatic carbocycles. The summed E-state index contributed by atoms with van der Waals surface area (Å²) in [5.41, 5.74) is 4.16. The molecule has 3 aromatic rings. The highest BCUT2D eigenvalue weighted by Crippen LogP contribution is 2.28. The van der Waals surface area contributed by atoms with Crippen molar-refractivity contribution in [1.29, 1.82) is 0 Å². The van der Waals surface area contributed by atoms with Crippen molar-refractivity contribution >= 4 is 0 Å². The van der Waals surface area contributed by atoms with Gasteiger partial charge in [0, 0.05) is 31.6 Å². The van der Waals surface area contributed by atoms with Crippen LogP contribution in [0.1, 0.15) is 17.0 Å². The van der Waals surface area contributed by atoms with Gasteiger partial charge in [0.25, 0.3) is 0 Å². The molecule has 0 saturated carbocycles. The molecule has 0 spiro atoms. The largest absolute Gasteiger partial charge is 0.497 e. The lowest BCUT2D eigenvalue weighted by Crippen LogP contribution is -2.31. The van der Waals surface area contributed by atoms with Gasteiger partial charge in [0.1, 0.15) is 11.6 Å². The topological polar surface area (TPSA) is 30.3 Å². The fourth-order valence-electron chi connectivity index (χ4n) is 3.57. The van der Waals surface area contributed by atoms with Crippen molar-refractivity contribution in [3.05, 3.63) is 71.5 Å². The van der Waals surface area contributed by atoms with Gasteiger partial charge in [0.2, 0.25) is 0 Å². The van der Waals surface area contributed by atoms with Crippen LogP contribution < -0.4 is 4.74 Å². The van der Waals surface area contributed by atoms with E-state index in [1.165, 1.54) is 5.56 Å². The Balaban J connectivity index is 1.59. The molecule has 0 unspecified atom stereocenters. The normalized spacial score (nSPS) is 14.2. The Bertz CT molecular complexity index is 892. The second-order valence-electron chi connectivity index (χ2n) is 6.55. The van der Waals surface area contributed by atoms with Crippen LogP contribution in [0.4, 0.5) is 4.39 Å². The molecular weight excluding hydrogens is 329 g/mol. The fourth-order valence-corrected chi connectivity index (χ4v) is 3.57. The number of benzene rings is 2. The lowest BCUT2D eigenvalue weighted by atomic mass is 10.1. The molecule has 0 N–H and O–H groups in total. The smallest absolute Gasteiger partial charge is 0.167 e. The minimum absolute atomic E-state index is 0.556. The van der Waals surface area contributed by atoms with E-state index in [1.54, 1.807) is 11.7 Å². The summed E-state index contributed by atoms with van der Waals surface area (Å²) >= 11 is 0. The van der Waals surface area contributed by atoms with Crippen LogP contribution in [0.2, 0.25) is 0 Å². The Hall–Kier alpha value is -2.66. The highest BCUT2D eigenvalue weighted by Gasteiger charge is 2.24. The summed E-state index contributed by atoms with van der Waals surface area (Å²) in [7, 11) is 1.68. The molecule has 134 valence electrons. The Kier molecular flexibility index (Phi) is 4.71. The third-order valence-electron chi connectivity index (χ3n) is 4.89. The molecule has 1 aliphatic rings. The molecule has 0 bridgehead atoms. The molecule has 5 heteroatoms. The van der Waals surface area contributed by atoms with Gasteiger partial charge in [-0.25, -0.2) is 9.37 Å². The van der Waals surface area contributed by atoms with Gasteiger partial charge in [-0.15, -0.1) is 0 Å². The molecule has 0 radical (unpaired) electrons. The van der Waals surface area contributed by atoms with E-state index < -0.39 is 6.80 Å². The lowest BCUT2D eigenvalue weighted by molar-refractivity contribution is 0.231. The first-order chi connectivity index (χ1) is 12.8. The zero-order valence-electron chi connectivity index (χ0n) is 14.9. The molecular formula is C21H22FN3O. The summed E-state index contributed by atoms with van der Waals surface area (Å²) in [6.45, 7) is 1.88. The van der Waals surface area contributed by atoms with Crippen LogP contribution in [-0.4, -0.2) is 28.1 Å². The maximum atomic E-state index is 13.8.